The van der Waals surface area contributed by atoms with Gasteiger partial charge in [0.15, 0.2) is 24.2 Å². The normalized spacial score (nSPS) is 12.9. The molecule has 3 aromatic rings. The van der Waals surface area contributed by atoms with Gasteiger partial charge < -0.3 is 14.8 Å². The first-order valence-electron chi connectivity index (χ1n) is 12.2. The number of carbonyl (C=O) groups is 3. The van der Waals surface area contributed by atoms with E-state index in [1.807, 2.05) is 0 Å². The van der Waals surface area contributed by atoms with E-state index in [-0.39, 0.29) is 12.3 Å². The molecule has 1 aromatic heterocycles. The Bertz CT molecular complexity index is 1260. The number of alkyl halides is 3. The van der Waals surface area contributed by atoms with Gasteiger partial charge in [0.05, 0.1) is 11.7 Å². The Labute approximate surface area is 223 Å². The second-order valence-corrected chi connectivity index (χ2v) is 8.90. The van der Waals surface area contributed by atoms with Crippen LogP contribution in [0.25, 0.3) is 5.69 Å². The molecule has 2 N–H and O–H groups in total. The molecule has 9 nitrogen and oxygen atoms in total. The van der Waals surface area contributed by atoms with Gasteiger partial charge in [-0.25, -0.2) is 9.48 Å². The van der Waals surface area contributed by atoms with Gasteiger partial charge in [-0.15, -0.1) is 0 Å². The summed E-state index contributed by atoms with van der Waals surface area (Å²) in [6.07, 6.45) is -6.60. The second-order valence-electron chi connectivity index (χ2n) is 8.90. The van der Waals surface area contributed by atoms with Crippen molar-refractivity contribution in [2.24, 2.45) is 5.92 Å². The molecule has 1 heterocycles. The smallest absolute Gasteiger partial charge is 0.435 e. The summed E-state index contributed by atoms with van der Waals surface area (Å²) in [5.74, 6) is -1.99. The van der Waals surface area contributed by atoms with Crippen molar-refractivity contribution in [2.75, 3.05) is 11.9 Å². The molecule has 3 rings (SSSR count). The van der Waals surface area contributed by atoms with Crippen LogP contribution in [0.5, 0.6) is 5.88 Å². The first kappa shape index (κ1) is 29.2. The first-order valence-corrected chi connectivity index (χ1v) is 12.2. The number of rotatable bonds is 11. The summed E-state index contributed by atoms with van der Waals surface area (Å²) < 4.78 is 51.6. The highest BCUT2D eigenvalue weighted by Crippen LogP contribution is 2.32. The van der Waals surface area contributed by atoms with Crippen molar-refractivity contribution in [3.63, 3.8) is 0 Å². The van der Waals surface area contributed by atoms with Gasteiger partial charge in [0, 0.05) is 11.8 Å². The van der Waals surface area contributed by atoms with Crippen molar-refractivity contribution >= 4 is 23.5 Å². The maximum Gasteiger partial charge on any atom is 0.435 e. The van der Waals surface area contributed by atoms with Gasteiger partial charge in [0.25, 0.3) is 5.91 Å². The molecule has 0 fully saturated rings. The Morgan fingerprint density at radius 1 is 1.00 bits per heavy atom. The Hall–Kier alpha value is -4.35. The van der Waals surface area contributed by atoms with E-state index in [0.717, 1.165) is 4.68 Å². The summed E-state index contributed by atoms with van der Waals surface area (Å²) in [7, 11) is 0. The lowest BCUT2D eigenvalue weighted by atomic mass is 10.0. The van der Waals surface area contributed by atoms with Crippen LogP contribution in [0.15, 0.2) is 66.7 Å². The fraction of sp³-hybridized carbons (Fsp3) is 0.333. The van der Waals surface area contributed by atoms with Gasteiger partial charge in [-0.3, -0.25) is 14.9 Å². The van der Waals surface area contributed by atoms with Crippen LogP contribution in [0.1, 0.15) is 32.9 Å². The molecule has 2 amide bonds. The molecule has 208 valence electrons. The molecule has 12 heteroatoms. The van der Waals surface area contributed by atoms with E-state index in [4.69, 9.17) is 9.47 Å². The lowest BCUT2D eigenvalue weighted by Crippen LogP contribution is -2.49. The van der Waals surface area contributed by atoms with Crippen LogP contribution in [0.4, 0.5) is 23.7 Å². The molecule has 0 radical (unpaired) electrons. The highest BCUT2D eigenvalue weighted by molar-refractivity contribution is 5.93. The van der Waals surface area contributed by atoms with Crippen LogP contribution in [0.2, 0.25) is 0 Å². The number of ketones is 1. The molecule has 0 unspecified atom stereocenters. The molecule has 0 aliphatic rings. The van der Waals surface area contributed by atoms with Crippen LogP contribution in [-0.2, 0) is 20.5 Å². The van der Waals surface area contributed by atoms with Gasteiger partial charge in [-0.1, -0.05) is 57.2 Å². The lowest BCUT2D eigenvalue weighted by molar-refractivity contribution is -0.141. The summed E-state index contributed by atoms with van der Waals surface area (Å²) in [6.45, 7) is 4.37. The number of nitrogens with zero attached hydrogens (tertiary/aromatic N) is 2. The Kier molecular flexibility index (Phi) is 9.69. The van der Waals surface area contributed by atoms with E-state index >= 15 is 0 Å². The average molecular weight is 547 g/mol. The number of para-hydroxylation sites is 2. The molecular formula is C27H29F3N4O5. The minimum atomic E-state index is -4.72. The van der Waals surface area contributed by atoms with Crippen LogP contribution >= 0.6 is 0 Å². The lowest BCUT2D eigenvalue weighted by Gasteiger charge is -2.24. The largest absolute Gasteiger partial charge is 0.469 e. The second kappa shape index (κ2) is 12.9. The van der Waals surface area contributed by atoms with Crippen LogP contribution in [-0.4, -0.2) is 46.3 Å². The minimum absolute atomic E-state index is 0.167. The number of halogens is 3. The Morgan fingerprint density at radius 3 is 2.18 bits per heavy atom. The predicted molar refractivity (Wildman–Crippen MR) is 136 cm³/mol. The zero-order valence-corrected chi connectivity index (χ0v) is 21.6. The Morgan fingerprint density at radius 2 is 1.62 bits per heavy atom. The van der Waals surface area contributed by atoms with Gasteiger partial charge in [-0.2, -0.15) is 18.3 Å². The summed E-state index contributed by atoms with van der Waals surface area (Å²) in [5, 5.41) is 8.65. The zero-order chi connectivity index (χ0) is 28.6. The van der Waals surface area contributed by atoms with Crippen molar-refractivity contribution < 1.29 is 37.0 Å². The number of hydrogen-bond donors (Lipinski definition) is 2. The summed E-state index contributed by atoms with van der Waals surface area (Å²) >= 11 is 0. The topological polar surface area (TPSA) is 112 Å². The van der Waals surface area contributed by atoms with Crippen molar-refractivity contribution in [2.45, 2.75) is 45.5 Å². The maximum atomic E-state index is 13.3. The number of hydrogen-bond acceptors (Lipinski definition) is 6. The fourth-order valence-electron chi connectivity index (χ4n) is 3.55. The summed E-state index contributed by atoms with van der Waals surface area (Å²) in [5.41, 5.74) is -0.394. The van der Waals surface area contributed by atoms with E-state index in [2.05, 4.69) is 15.7 Å². The number of anilines is 1. The monoisotopic (exact) mass is 546 g/mol. The molecule has 2 atom stereocenters. The van der Waals surface area contributed by atoms with E-state index in [9.17, 15) is 27.6 Å². The van der Waals surface area contributed by atoms with Crippen molar-refractivity contribution in [1.82, 2.24) is 15.1 Å². The highest BCUT2D eigenvalue weighted by Gasteiger charge is 2.36. The molecule has 0 bridgehead atoms. The molecule has 0 aliphatic carbocycles. The molecule has 39 heavy (non-hydrogen) atoms. The molecular weight excluding hydrogens is 517 g/mol. The number of aromatic nitrogens is 2. The van der Waals surface area contributed by atoms with Crippen molar-refractivity contribution in [1.29, 1.82) is 0 Å². The SMILES string of the molecule is CC[C@H](NC(=O)[C@@H](OC(=O)Nc1ccccc1)C(C)C)C(=O)COc1cc(C(F)(F)F)nn1-c1ccccc1. The molecule has 0 saturated heterocycles. The maximum absolute atomic E-state index is 13.3. The van der Waals surface area contributed by atoms with Crippen LogP contribution in [0.3, 0.4) is 0 Å². The molecule has 0 spiro atoms. The third kappa shape index (κ3) is 8.06. The average Bonchev–Trinajstić information content (AvgIpc) is 3.35. The summed E-state index contributed by atoms with van der Waals surface area (Å²) in [6, 6.07) is 16.2. The van der Waals surface area contributed by atoms with E-state index in [0.29, 0.717) is 17.4 Å². The van der Waals surface area contributed by atoms with Gasteiger partial charge >= 0.3 is 12.3 Å². The van der Waals surface area contributed by atoms with E-state index < -0.39 is 54.3 Å². The highest BCUT2D eigenvalue weighted by atomic mass is 19.4. The number of benzene rings is 2. The number of Topliss-reactive ketones (excluding diaryl/α,β-unsaturated/α-hetero) is 1. The van der Waals surface area contributed by atoms with Gasteiger partial charge in [0.1, 0.15) is 0 Å². The molecule has 2 aromatic carbocycles. The number of amides is 2. The fourth-order valence-corrected chi connectivity index (χ4v) is 3.55. The summed E-state index contributed by atoms with van der Waals surface area (Å²) in [4.78, 5) is 38.1. The van der Waals surface area contributed by atoms with Crippen LogP contribution < -0.4 is 15.4 Å². The van der Waals surface area contributed by atoms with Gasteiger partial charge in [0.2, 0.25) is 5.88 Å². The Balaban J connectivity index is 1.66. The minimum Gasteiger partial charge on any atom is -0.469 e. The quantitative estimate of drug-likeness (QED) is 0.350. The zero-order valence-electron chi connectivity index (χ0n) is 21.6. The first-order chi connectivity index (χ1) is 18.5. The van der Waals surface area contributed by atoms with Crippen molar-refractivity contribution in [3.05, 3.63) is 72.4 Å². The number of nitrogens with one attached hydrogen (secondary N) is 2. The van der Waals surface area contributed by atoms with Gasteiger partial charge in [-0.05, 0) is 36.6 Å². The van der Waals surface area contributed by atoms with E-state index in [1.54, 1.807) is 69.3 Å². The number of carbonyl (C=O) groups excluding carboxylic acids is 3. The van der Waals surface area contributed by atoms with E-state index in [1.165, 1.54) is 12.1 Å². The molecule has 0 aliphatic heterocycles. The van der Waals surface area contributed by atoms with Crippen LogP contribution in [0, 0.1) is 5.92 Å². The standard InChI is InChI=1S/C27H29F3N4O5/c1-4-20(32-25(36)24(17(2)3)39-26(37)31-18-11-7-5-8-12-18)21(35)16-38-23-15-22(27(28,29)30)33-34(23)19-13-9-6-10-14-19/h5-15,17,20,24H,4,16H2,1-3H3,(H,31,37)(H,32,36)/t20-,24-/m0/s1. The predicted octanol–water partition coefficient (Wildman–Crippen LogP) is 5.01. The molecule has 0 saturated carbocycles. The third-order valence-electron chi connectivity index (χ3n) is 5.56. The third-order valence-corrected chi connectivity index (χ3v) is 5.56. The number of ether oxygens (including phenoxy) is 2. The van der Waals surface area contributed by atoms with Crippen molar-refractivity contribution in [3.8, 4) is 11.6 Å².